The van der Waals surface area contributed by atoms with Gasteiger partial charge in [0.05, 0.1) is 5.69 Å². The van der Waals surface area contributed by atoms with Crippen molar-refractivity contribution in [2.45, 2.75) is 26.2 Å². The van der Waals surface area contributed by atoms with Crippen LogP contribution in [0.3, 0.4) is 0 Å². The molecule has 0 radical (unpaired) electrons. The Hall–Kier alpha value is -1.75. The largest absolute Gasteiger partial charge is 0.304 e. The number of nitrogens with zero attached hydrogens (tertiary/aromatic N) is 4. The number of fused-ring (bicyclic) bond motifs is 1. The summed E-state index contributed by atoms with van der Waals surface area (Å²) in [5.74, 6) is 1.56. The summed E-state index contributed by atoms with van der Waals surface area (Å²) in [7, 11) is 0. The van der Waals surface area contributed by atoms with Gasteiger partial charge < -0.3 is 4.90 Å². The minimum absolute atomic E-state index is 0.633. The molecular weight excluding hydrogens is 252 g/mol. The fourth-order valence-electron chi connectivity index (χ4n) is 3.02. The van der Waals surface area contributed by atoms with Crippen LogP contribution in [0, 0.1) is 5.92 Å². The van der Waals surface area contributed by atoms with Crippen LogP contribution in [0.5, 0.6) is 0 Å². The van der Waals surface area contributed by atoms with Crippen molar-refractivity contribution < 1.29 is 4.79 Å². The van der Waals surface area contributed by atoms with Crippen molar-refractivity contribution in [2.75, 3.05) is 19.6 Å². The number of carbonyl (C=O) groups excluding carboxylic acids is 1. The summed E-state index contributed by atoms with van der Waals surface area (Å²) in [6.45, 7) is 5.68. The summed E-state index contributed by atoms with van der Waals surface area (Å²) in [5.41, 5.74) is 1.39. The smallest absolute Gasteiger partial charge is 0.166 e. The molecule has 0 aliphatic carbocycles. The molecule has 1 fully saturated rings. The van der Waals surface area contributed by atoms with Gasteiger partial charge in [0, 0.05) is 6.42 Å². The lowest BCUT2D eigenvalue weighted by Crippen LogP contribution is -2.34. The highest BCUT2D eigenvalue weighted by molar-refractivity contribution is 5.73. The molecule has 5 heteroatoms. The molecule has 2 aromatic heterocycles. The normalized spacial score (nSPS) is 17.6. The molecule has 0 aromatic carbocycles. The number of aldehydes is 1. The van der Waals surface area contributed by atoms with E-state index in [0.29, 0.717) is 11.6 Å². The second kappa shape index (κ2) is 5.71. The van der Waals surface area contributed by atoms with Crippen LogP contribution in [0.15, 0.2) is 18.2 Å². The summed E-state index contributed by atoms with van der Waals surface area (Å²) >= 11 is 0. The molecule has 0 spiro atoms. The van der Waals surface area contributed by atoms with E-state index >= 15 is 0 Å². The number of pyridine rings is 1. The average molecular weight is 272 g/mol. The number of rotatable bonds is 4. The van der Waals surface area contributed by atoms with Crippen LogP contribution in [0.2, 0.25) is 0 Å². The van der Waals surface area contributed by atoms with Crippen molar-refractivity contribution >= 4 is 11.9 Å². The maximum atomic E-state index is 11.2. The van der Waals surface area contributed by atoms with Crippen molar-refractivity contribution in [1.82, 2.24) is 19.5 Å². The number of hydrogen-bond donors (Lipinski definition) is 0. The van der Waals surface area contributed by atoms with E-state index in [0.717, 1.165) is 30.7 Å². The first-order chi connectivity index (χ1) is 9.81. The van der Waals surface area contributed by atoms with Gasteiger partial charge in [-0.2, -0.15) is 0 Å². The monoisotopic (exact) mass is 272 g/mol. The summed E-state index contributed by atoms with van der Waals surface area (Å²) in [6.07, 6.45) is 4.18. The lowest BCUT2D eigenvalue weighted by atomic mass is 9.93. The predicted octanol–water partition coefficient (Wildman–Crippen LogP) is 1.82. The van der Waals surface area contributed by atoms with Gasteiger partial charge in [-0.25, -0.2) is 0 Å². The Kier molecular flexibility index (Phi) is 3.78. The van der Waals surface area contributed by atoms with Gasteiger partial charge in [-0.1, -0.05) is 13.0 Å². The SMILES string of the molecule is CCN1CCC(Cc2nnc3cccc(C=O)n23)CC1. The highest BCUT2D eigenvalue weighted by Gasteiger charge is 2.21. The van der Waals surface area contributed by atoms with Gasteiger partial charge in [-0.15, -0.1) is 10.2 Å². The van der Waals surface area contributed by atoms with E-state index in [4.69, 9.17) is 0 Å². The lowest BCUT2D eigenvalue weighted by Gasteiger charge is -2.30. The van der Waals surface area contributed by atoms with Gasteiger partial charge in [-0.3, -0.25) is 9.20 Å². The third kappa shape index (κ3) is 2.45. The second-order valence-electron chi connectivity index (χ2n) is 5.46. The van der Waals surface area contributed by atoms with Gasteiger partial charge >= 0.3 is 0 Å². The molecule has 1 saturated heterocycles. The molecule has 3 heterocycles. The summed E-state index contributed by atoms with van der Waals surface area (Å²) < 4.78 is 1.89. The van der Waals surface area contributed by atoms with E-state index in [1.165, 1.54) is 25.9 Å². The van der Waals surface area contributed by atoms with E-state index in [1.54, 1.807) is 0 Å². The topological polar surface area (TPSA) is 50.5 Å². The van der Waals surface area contributed by atoms with Gasteiger partial charge in [-0.05, 0) is 50.5 Å². The maximum Gasteiger partial charge on any atom is 0.166 e. The van der Waals surface area contributed by atoms with E-state index in [9.17, 15) is 4.79 Å². The molecule has 2 aromatic rings. The molecule has 1 aliphatic rings. The van der Waals surface area contributed by atoms with E-state index in [2.05, 4.69) is 22.0 Å². The van der Waals surface area contributed by atoms with Crippen molar-refractivity contribution in [3.63, 3.8) is 0 Å². The van der Waals surface area contributed by atoms with Crippen LogP contribution in [-0.4, -0.2) is 45.4 Å². The zero-order valence-corrected chi connectivity index (χ0v) is 11.8. The molecule has 0 atom stereocenters. The zero-order chi connectivity index (χ0) is 13.9. The highest BCUT2D eigenvalue weighted by atomic mass is 16.1. The Morgan fingerprint density at radius 1 is 1.30 bits per heavy atom. The molecule has 0 unspecified atom stereocenters. The number of carbonyl (C=O) groups is 1. The second-order valence-corrected chi connectivity index (χ2v) is 5.46. The highest BCUT2D eigenvalue weighted by Crippen LogP contribution is 2.21. The molecule has 0 N–H and O–H groups in total. The fraction of sp³-hybridized carbons (Fsp3) is 0.533. The van der Waals surface area contributed by atoms with E-state index in [-0.39, 0.29) is 0 Å². The molecular formula is C15H20N4O. The quantitative estimate of drug-likeness (QED) is 0.797. The van der Waals surface area contributed by atoms with Gasteiger partial charge in [0.2, 0.25) is 0 Å². The molecule has 0 amide bonds. The third-order valence-electron chi connectivity index (χ3n) is 4.27. The average Bonchev–Trinajstić information content (AvgIpc) is 2.91. The molecule has 0 bridgehead atoms. The van der Waals surface area contributed by atoms with Crippen molar-refractivity contribution in [3.05, 3.63) is 29.7 Å². The molecule has 20 heavy (non-hydrogen) atoms. The number of hydrogen-bond acceptors (Lipinski definition) is 4. The first kappa shape index (κ1) is 13.2. The Morgan fingerprint density at radius 2 is 2.10 bits per heavy atom. The first-order valence-electron chi connectivity index (χ1n) is 7.32. The zero-order valence-electron chi connectivity index (χ0n) is 11.8. The van der Waals surface area contributed by atoms with Crippen molar-refractivity contribution in [2.24, 2.45) is 5.92 Å². The fourth-order valence-corrected chi connectivity index (χ4v) is 3.02. The van der Waals surface area contributed by atoms with E-state index < -0.39 is 0 Å². The van der Waals surface area contributed by atoms with E-state index in [1.807, 2.05) is 22.6 Å². The van der Waals surface area contributed by atoms with Crippen LogP contribution in [0.1, 0.15) is 36.1 Å². The Labute approximate surface area is 118 Å². The van der Waals surface area contributed by atoms with Crippen LogP contribution in [0.25, 0.3) is 5.65 Å². The summed E-state index contributed by atoms with van der Waals surface area (Å²) in [6, 6.07) is 5.55. The Morgan fingerprint density at radius 3 is 2.80 bits per heavy atom. The summed E-state index contributed by atoms with van der Waals surface area (Å²) in [4.78, 5) is 13.6. The van der Waals surface area contributed by atoms with Gasteiger partial charge in [0.15, 0.2) is 11.9 Å². The molecule has 106 valence electrons. The molecule has 0 saturated carbocycles. The van der Waals surface area contributed by atoms with Crippen LogP contribution in [-0.2, 0) is 6.42 Å². The summed E-state index contributed by atoms with van der Waals surface area (Å²) in [5, 5.41) is 8.45. The van der Waals surface area contributed by atoms with Gasteiger partial charge in [0.25, 0.3) is 0 Å². The molecule has 3 rings (SSSR count). The first-order valence-corrected chi connectivity index (χ1v) is 7.32. The number of piperidine rings is 1. The van der Waals surface area contributed by atoms with Gasteiger partial charge in [0.1, 0.15) is 5.82 Å². The lowest BCUT2D eigenvalue weighted by molar-refractivity contribution is 0.111. The Bertz CT molecular complexity index is 599. The standard InChI is InChI=1S/C15H20N4O/c1-2-18-8-6-12(7-9-18)10-15-17-16-14-5-3-4-13(11-20)19(14)15/h3-5,11-12H,2,6-10H2,1H3. The van der Waals surface area contributed by atoms with Crippen LogP contribution in [0.4, 0.5) is 0 Å². The number of aromatic nitrogens is 3. The van der Waals surface area contributed by atoms with Crippen molar-refractivity contribution in [3.8, 4) is 0 Å². The minimum atomic E-state index is 0.633. The minimum Gasteiger partial charge on any atom is -0.304 e. The molecule has 5 nitrogen and oxygen atoms in total. The maximum absolute atomic E-state index is 11.2. The predicted molar refractivity (Wildman–Crippen MR) is 76.9 cm³/mol. The molecule has 1 aliphatic heterocycles. The third-order valence-corrected chi connectivity index (χ3v) is 4.27. The number of likely N-dealkylation sites (tertiary alicyclic amines) is 1. The van der Waals surface area contributed by atoms with Crippen LogP contribution >= 0.6 is 0 Å². The van der Waals surface area contributed by atoms with Crippen LogP contribution < -0.4 is 0 Å². The van der Waals surface area contributed by atoms with Crippen molar-refractivity contribution in [1.29, 1.82) is 0 Å². The Balaban J connectivity index is 1.80.